The highest BCUT2D eigenvalue weighted by molar-refractivity contribution is 6.01. The topological polar surface area (TPSA) is 57.0 Å². The van der Waals surface area contributed by atoms with Crippen molar-refractivity contribution in [3.63, 3.8) is 0 Å². The Morgan fingerprint density at radius 3 is 2.68 bits per heavy atom. The van der Waals surface area contributed by atoms with E-state index in [0.717, 1.165) is 16.0 Å². The largest absolute Gasteiger partial charge is 0.343 e. The van der Waals surface area contributed by atoms with E-state index in [1.165, 1.54) is 0 Å². The number of hydrogen-bond acceptors (Lipinski definition) is 4. The first-order valence-corrected chi connectivity index (χ1v) is 9.78. The van der Waals surface area contributed by atoms with E-state index < -0.39 is 6.29 Å². The van der Waals surface area contributed by atoms with E-state index >= 15 is 0 Å². The SMILES string of the molecule is O=C1[C@@H]2OC[C@@H](O2)[C@H]2[C@H]1[C@@H]1c3ccccc3C=C[NH+]1[C@H]2C(=O)c1ccccc1. The van der Waals surface area contributed by atoms with Gasteiger partial charge >= 0.3 is 0 Å². The summed E-state index contributed by atoms with van der Waals surface area (Å²) in [5.74, 6) is -0.409. The molecule has 3 saturated heterocycles. The van der Waals surface area contributed by atoms with Gasteiger partial charge in [-0.15, -0.1) is 0 Å². The quantitative estimate of drug-likeness (QED) is 0.808. The number of Topliss-reactive ketones (excluding diaryl/α,β-unsaturated/α-hetero) is 2. The summed E-state index contributed by atoms with van der Waals surface area (Å²) in [6.07, 6.45) is 3.14. The number of benzene rings is 2. The minimum absolute atomic E-state index is 0.0188. The fourth-order valence-electron chi connectivity index (χ4n) is 5.60. The zero-order chi connectivity index (χ0) is 18.8. The highest BCUT2D eigenvalue weighted by atomic mass is 16.7. The van der Waals surface area contributed by atoms with Crippen LogP contribution < -0.4 is 4.90 Å². The van der Waals surface area contributed by atoms with Crippen molar-refractivity contribution in [1.29, 1.82) is 0 Å². The maximum Gasteiger partial charge on any atom is 0.220 e. The predicted octanol–water partition coefficient (Wildman–Crippen LogP) is 1.42. The van der Waals surface area contributed by atoms with Gasteiger partial charge in [0.25, 0.3) is 0 Å². The van der Waals surface area contributed by atoms with Crippen LogP contribution in [0.15, 0.2) is 60.8 Å². The maximum atomic E-state index is 13.6. The third kappa shape index (κ3) is 2.12. The molecule has 0 aromatic heterocycles. The zero-order valence-electron chi connectivity index (χ0n) is 15.2. The molecule has 4 heterocycles. The van der Waals surface area contributed by atoms with Crippen LogP contribution in [-0.2, 0) is 14.3 Å². The van der Waals surface area contributed by atoms with Gasteiger partial charge in [-0.3, -0.25) is 14.5 Å². The maximum absolute atomic E-state index is 13.6. The van der Waals surface area contributed by atoms with Crippen molar-refractivity contribution in [3.8, 4) is 0 Å². The summed E-state index contributed by atoms with van der Waals surface area (Å²) < 4.78 is 11.5. The lowest BCUT2D eigenvalue weighted by atomic mass is 9.75. The van der Waals surface area contributed by atoms with Crippen LogP contribution in [0.3, 0.4) is 0 Å². The number of nitrogens with one attached hydrogen (secondary N) is 1. The molecule has 140 valence electrons. The Morgan fingerprint density at radius 2 is 1.82 bits per heavy atom. The molecule has 5 heteroatoms. The van der Waals surface area contributed by atoms with Gasteiger partial charge in [0.05, 0.1) is 30.7 Å². The Morgan fingerprint density at radius 1 is 1.04 bits per heavy atom. The Kier molecular flexibility index (Phi) is 3.48. The second kappa shape index (κ2) is 5.95. The van der Waals surface area contributed by atoms with Gasteiger partial charge in [-0.1, -0.05) is 54.6 Å². The minimum atomic E-state index is -0.781. The van der Waals surface area contributed by atoms with Crippen LogP contribution in [0, 0.1) is 11.8 Å². The van der Waals surface area contributed by atoms with Crippen molar-refractivity contribution in [1.82, 2.24) is 0 Å². The molecule has 3 fully saturated rings. The number of rotatable bonds is 2. The van der Waals surface area contributed by atoms with Crippen LogP contribution in [0.5, 0.6) is 0 Å². The molecule has 0 amide bonds. The van der Waals surface area contributed by atoms with Gasteiger partial charge in [-0.05, 0) is 11.6 Å². The van der Waals surface area contributed by atoms with E-state index in [2.05, 4.69) is 24.4 Å². The van der Waals surface area contributed by atoms with Gasteiger partial charge in [0, 0.05) is 11.1 Å². The lowest BCUT2D eigenvalue weighted by molar-refractivity contribution is -0.884. The fourth-order valence-corrected chi connectivity index (χ4v) is 5.60. The summed E-state index contributed by atoms with van der Waals surface area (Å²) in [7, 11) is 0. The normalized spacial score (nSPS) is 37.3. The molecule has 0 spiro atoms. The smallest absolute Gasteiger partial charge is 0.220 e. The number of ketones is 2. The lowest BCUT2D eigenvalue weighted by Crippen LogP contribution is -3.11. The van der Waals surface area contributed by atoms with Crippen molar-refractivity contribution in [3.05, 3.63) is 77.5 Å². The Labute approximate surface area is 162 Å². The van der Waals surface area contributed by atoms with Crippen molar-refractivity contribution >= 4 is 17.6 Å². The van der Waals surface area contributed by atoms with E-state index in [4.69, 9.17) is 9.47 Å². The summed E-state index contributed by atoms with van der Waals surface area (Å²) in [6.45, 7) is 0.376. The number of carbonyl (C=O) groups is 2. The van der Waals surface area contributed by atoms with Gasteiger partial charge in [0.1, 0.15) is 6.04 Å². The van der Waals surface area contributed by atoms with Crippen LogP contribution >= 0.6 is 0 Å². The molecule has 7 atom stereocenters. The van der Waals surface area contributed by atoms with E-state index in [9.17, 15) is 9.59 Å². The van der Waals surface area contributed by atoms with Gasteiger partial charge in [-0.25, -0.2) is 0 Å². The third-order valence-electron chi connectivity index (χ3n) is 6.70. The average Bonchev–Trinajstić information content (AvgIpc) is 3.33. The molecule has 1 unspecified atom stereocenters. The number of carbonyl (C=O) groups excluding carboxylic acids is 2. The molecule has 0 saturated carbocycles. The van der Waals surface area contributed by atoms with Crippen LogP contribution in [0.2, 0.25) is 0 Å². The second-order valence-electron chi connectivity index (χ2n) is 7.99. The number of quaternary nitrogens is 1. The highest BCUT2D eigenvalue weighted by Crippen LogP contribution is 2.46. The molecule has 0 aliphatic carbocycles. The summed E-state index contributed by atoms with van der Waals surface area (Å²) in [5.41, 5.74) is 2.93. The van der Waals surface area contributed by atoms with Crippen molar-refractivity contribution in [2.45, 2.75) is 24.5 Å². The summed E-state index contributed by atoms with van der Waals surface area (Å²) >= 11 is 0. The van der Waals surface area contributed by atoms with Crippen LogP contribution in [0.1, 0.15) is 27.5 Å². The monoisotopic (exact) mass is 374 g/mol. The Bertz CT molecular complexity index is 1000. The summed E-state index contributed by atoms with van der Waals surface area (Å²) in [6, 6.07) is 17.1. The number of hydrogen-bond donors (Lipinski definition) is 1. The third-order valence-corrected chi connectivity index (χ3v) is 6.70. The average molecular weight is 374 g/mol. The molecule has 28 heavy (non-hydrogen) atoms. The molecule has 4 aliphatic heterocycles. The minimum Gasteiger partial charge on any atom is -0.343 e. The van der Waals surface area contributed by atoms with Crippen molar-refractivity contribution < 1.29 is 24.0 Å². The van der Waals surface area contributed by atoms with Gasteiger partial charge in [0.2, 0.25) is 12.1 Å². The molecular formula is C23H20NO4+. The molecule has 4 aliphatic rings. The zero-order valence-corrected chi connectivity index (χ0v) is 15.2. The van der Waals surface area contributed by atoms with Crippen LogP contribution in [0.25, 0.3) is 6.08 Å². The van der Waals surface area contributed by atoms with E-state index in [1.54, 1.807) is 0 Å². The molecule has 6 rings (SSSR count). The number of ether oxygens (including phenoxy) is 2. The predicted molar refractivity (Wildman–Crippen MR) is 100 cm³/mol. The summed E-state index contributed by atoms with van der Waals surface area (Å²) in [4.78, 5) is 27.9. The molecule has 2 aromatic carbocycles. The van der Waals surface area contributed by atoms with E-state index in [-0.39, 0.29) is 41.6 Å². The standard InChI is InChI=1S/C23H19NO4/c25-21(14-7-2-1-3-8-14)20-17-16-12-27-23(28-16)22(26)18(17)19-15-9-5-4-6-13(15)10-11-24(19)20/h1-11,16-20,23H,12H2/p+1/t16-,17+,18+,19+,20-,23-/m1/s1. The van der Waals surface area contributed by atoms with Crippen LogP contribution in [-0.4, -0.2) is 36.6 Å². The molecular weight excluding hydrogens is 354 g/mol. The first kappa shape index (κ1) is 16.4. The molecule has 0 radical (unpaired) electrons. The highest BCUT2D eigenvalue weighted by Gasteiger charge is 2.67. The Balaban J connectivity index is 1.52. The second-order valence-corrected chi connectivity index (χ2v) is 7.99. The molecule has 1 N–H and O–H groups in total. The van der Waals surface area contributed by atoms with Gasteiger partial charge in [-0.2, -0.15) is 0 Å². The molecule has 2 bridgehead atoms. The molecule has 5 nitrogen and oxygen atoms in total. The van der Waals surface area contributed by atoms with E-state index in [0.29, 0.717) is 12.2 Å². The fraction of sp³-hybridized carbons (Fsp3) is 0.304. The first-order chi connectivity index (χ1) is 13.7. The Hall–Kier alpha value is -2.60. The lowest BCUT2D eigenvalue weighted by Gasteiger charge is -2.30. The van der Waals surface area contributed by atoms with Crippen molar-refractivity contribution in [2.24, 2.45) is 11.8 Å². The number of fused-ring (bicyclic) bond motifs is 8. The van der Waals surface area contributed by atoms with Gasteiger partial charge in [0.15, 0.2) is 11.8 Å². The van der Waals surface area contributed by atoms with Crippen molar-refractivity contribution in [2.75, 3.05) is 6.61 Å². The summed E-state index contributed by atoms with van der Waals surface area (Å²) in [5, 5.41) is 0. The first-order valence-electron chi connectivity index (χ1n) is 9.78. The van der Waals surface area contributed by atoms with E-state index in [1.807, 2.05) is 42.5 Å². The van der Waals surface area contributed by atoms with Crippen LogP contribution in [0.4, 0.5) is 0 Å². The van der Waals surface area contributed by atoms with Gasteiger partial charge < -0.3 is 9.47 Å². The molecule has 2 aromatic rings.